The van der Waals surface area contributed by atoms with Crippen LogP contribution in [0.25, 0.3) is 0 Å². The Morgan fingerprint density at radius 1 is 1.32 bits per heavy atom. The van der Waals surface area contributed by atoms with Crippen LogP contribution in [-0.2, 0) is 23.8 Å². The lowest BCUT2D eigenvalue weighted by molar-refractivity contribution is -0.241. The van der Waals surface area contributed by atoms with Gasteiger partial charge < -0.3 is 19.3 Å². The van der Waals surface area contributed by atoms with Crippen LogP contribution >= 0.6 is 0 Å². The molecule has 1 spiro atoms. The number of ketones is 1. The van der Waals surface area contributed by atoms with Gasteiger partial charge in [-0.15, -0.1) is 0 Å². The normalized spacial score (nSPS) is 32.8. The minimum absolute atomic E-state index is 0.000856. The summed E-state index contributed by atoms with van der Waals surface area (Å²) in [4.78, 5) is 23.7. The van der Waals surface area contributed by atoms with Crippen molar-refractivity contribution in [2.45, 2.75) is 25.0 Å². The van der Waals surface area contributed by atoms with Crippen LogP contribution in [0.3, 0.4) is 0 Å². The van der Waals surface area contributed by atoms with Crippen molar-refractivity contribution in [2.24, 2.45) is 11.8 Å². The highest BCUT2D eigenvalue weighted by Crippen LogP contribution is 2.52. The molecule has 0 amide bonds. The summed E-state index contributed by atoms with van der Waals surface area (Å²) < 4.78 is 16.2. The summed E-state index contributed by atoms with van der Waals surface area (Å²) in [5.41, 5.74) is 0.133. The second kappa shape index (κ2) is 4.31. The summed E-state index contributed by atoms with van der Waals surface area (Å²) in [6.45, 7) is 0.882. The van der Waals surface area contributed by atoms with Gasteiger partial charge in [0.15, 0.2) is 5.79 Å². The fourth-order valence-electron chi connectivity index (χ4n) is 3.47. The number of carbonyl (C=O) groups is 2. The number of aliphatic hydroxyl groups excluding tert-OH is 1. The van der Waals surface area contributed by atoms with Gasteiger partial charge in [-0.25, -0.2) is 4.79 Å². The fourth-order valence-corrected chi connectivity index (χ4v) is 3.47. The third kappa shape index (κ3) is 1.70. The summed E-state index contributed by atoms with van der Waals surface area (Å²) in [6, 6.07) is 0. The molecule has 6 nitrogen and oxygen atoms in total. The molecule has 0 radical (unpaired) electrons. The van der Waals surface area contributed by atoms with Crippen LogP contribution < -0.4 is 0 Å². The lowest BCUT2D eigenvalue weighted by Crippen LogP contribution is -2.55. The largest absolute Gasteiger partial charge is 0.512 e. The molecule has 1 heterocycles. The molecule has 0 unspecified atom stereocenters. The van der Waals surface area contributed by atoms with Crippen molar-refractivity contribution in [3.63, 3.8) is 0 Å². The summed E-state index contributed by atoms with van der Waals surface area (Å²) in [5.74, 6) is -2.29. The molecule has 2 bridgehead atoms. The number of aliphatic hydroxyl groups is 1. The zero-order valence-corrected chi connectivity index (χ0v) is 10.7. The van der Waals surface area contributed by atoms with E-state index in [4.69, 9.17) is 14.2 Å². The van der Waals surface area contributed by atoms with E-state index < -0.39 is 17.7 Å². The molecule has 3 aliphatic rings. The summed E-state index contributed by atoms with van der Waals surface area (Å²) in [7, 11) is 1.25. The monoisotopic (exact) mass is 268 g/mol. The molecular weight excluding hydrogens is 252 g/mol. The number of esters is 1. The Hall–Kier alpha value is -1.40. The Balaban J connectivity index is 2.07. The lowest BCUT2D eigenvalue weighted by atomic mass is 9.66. The van der Waals surface area contributed by atoms with E-state index >= 15 is 0 Å². The predicted octanol–water partition coefficient (Wildman–Crippen LogP) is 0.714. The smallest absolute Gasteiger partial charge is 0.337 e. The number of methoxy groups -OCH3 is 1. The Morgan fingerprint density at radius 3 is 2.63 bits per heavy atom. The summed E-state index contributed by atoms with van der Waals surface area (Å²) >= 11 is 0. The van der Waals surface area contributed by atoms with E-state index in [1.165, 1.54) is 7.11 Å². The highest BCUT2D eigenvalue weighted by atomic mass is 16.7. The van der Waals surface area contributed by atoms with Gasteiger partial charge in [0.2, 0.25) is 0 Å². The number of Topliss-reactive ketones (excluding diaryl/α,β-unsaturated/α-hetero) is 1. The van der Waals surface area contributed by atoms with Gasteiger partial charge in [0.05, 0.1) is 31.8 Å². The molecule has 2 aliphatic carbocycles. The van der Waals surface area contributed by atoms with E-state index in [1.54, 1.807) is 0 Å². The average Bonchev–Trinajstić information content (AvgIpc) is 2.83. The SMILES string of the molecule is COC(=O)C1=C(O)C[C@H]2CC(=O)C[C@@H]1C21OCCO1. The van der Waals surface area contributed by atoms with Gasteiger partial charge in [-0.2, -0.15) is 0 Å². The molecule has 1 saturated heterocycles. The van der Waals surface area contributed by atoms with E-state index in [0.717, 1.165) is 0 Å². The van der Waals surface area contributed by atoms with Gasteiger partial charge in [0.1, 0.15) is 11.5 Å². The standard InChI is InChI=1S/C13H16O6/c1-17-12(16)11-9-6-8(14)4-7(5-10(11)15)13(9)18-2-3-19-13/h7,9,15H,2-6H2,1H3/t7-,9+/m1/s1. The average molecular weight is 268 g/mol. The van der Waals surface area contributed by atoms with Gasteiger partial charge in [0, 0.05) is 25.2 Å². The molecule has 2 atom stereocenters. The van der Waals surface area contributed by atoms with Gasteiger partial charge in [-0.3, -0.25) is 4.79 Å². The molecule has 1 aliphatic heterocycles. The number of hydrogen-bond acceptors (Lipinski definition) is 6. The van der Waals surface area contributed by atoms with E-state index in [1.807, 2.05) is 0 Å². The second-order valence-corrected chi connectivity index (χ2v) is 5.17. The predicted molar refractivity (Wildman–Crippen MR) is 62.1 cm³/mol. The van der Waals surface area contributed by atoms with Gasteiger partial charge in [-0.05, 0) is 0 Å². The third-order valence-corrected chi connectivity index (χ3v) is 4.20. The molecule has 2 fully saturated rings. The minimum atomic E-state index is -0.941. The van der Waals surface area contributed by atoms with E-state index in [9.17, 15) is 14.7 Å². The number of allylic oxidation sites excluding steroid dienone is 1. The number of rotatable bonds is 1. The first-order valence-corrected chi connectivity index (χ1v) is 6.38. The first kappa shape index (κ1) is 12.6. The van der Waals surface area contributed by atoms with Crippen molar-refractivity contribution in [3.8, 4) is 0 Å². The number of ether oxygens (including phenoxy) is 3. The first-order valence-electron chi connectivity index (χ1n) is 6.38. The van der Waals surface area contributed by atoms with Crippen LogP contribution in [0.2, 0.25) is 0 Å². The molecule has 6 heteroatoms. The van der Waals surface area contributed by atoms with Crippen LogP contribution in [0.1, 0.15) is 19.3 Å². The Labute approximate surface area is 110 Å². The molecule has 0 aromatic carbocycles. The van der Waals surface area contributed by atoms with Crippen LogP contribution in [0.5, 0.6) is 0 Å². The Kier molecular flexibility index (Phi) is 2.87. The van der Waals surface area contributed by atoms with Crippen molar-refractivity contribution < 1.29 is 28.9 Å². The number of carbonyl (C=O) groups excluding carboxylic acids is 2. The van der Waals surface area contributed by atoms with Crippen molar-refractivity contribution in [1.29, 1.82) is 0 Å². The van der Waals surface area contributed by atoms with Crippen molar-refractivity contribution in [3.05, 3.63) is 11.3 Å². The first-order chi connectivity index (χ1) is 9.08. The second-order valence-electron chi connectivity index (χ2n) is 5.17. The summed E-state index contributed by atoms with van der Waals surface area (Å²) in [5, 5.41) is 10.1. The maximum absolute atomic E-state index is 11.9. The number of hydrogen-bond donors (Lipinski definition) is 1. The molecule has 1 saturated carbocycles. The van der Waals surface area contributed by atoms with E-state index in [2.05, 4.69) is 0 Å². The zero-order valence-electron chi connectivity index (χ0n) is 10.7. The van der Waals surface area contributed by atoms with Gasteiger partial charge in [-0.1, -0.05) is 0 Å². The maximum atomic E-state index is 11.9. The molecule has 0 aromatic heterocycles. The molecule has 19 heavy (non-hydrogen) atoms. The van der Waals surface area contributed by atoms with Gasteiger partial charge in [0.25, 0.3) is 0 Å². The van der Waals surface area contributed by atoms with E-state index in [-0.39, 0.29) is 35.9 Å². The zero-order chi connectivity index (χ0) is 13.6. The highest BCUT2D eigenvalue weighted by Gasteiger charge is 2.60. The highest BCUT2D eigenvalue weighted by molar-refractivity contribution is 5.92. The molecule has 104 valence electrons. The minimum Gasteiger partial charge on any atom is -0.512 e. The lowest BCUT2D eigenvalue weighted by Gasteiger charge is -2.47. The molecule has 1 N–H and O–H groups in total. The van der Waals surface area contributed by atoms with Crippen molar-refractivity contribution in [2.75, 3.05) is 20.3 Å². The fraction of sp³-hybridized carbons (Fsp3) is 0.692. The van der Waals surface area contributed by atoms with Gasteiger partial charge >= 0.3 is 5.97 Å². The maximum Gasteiger partial charge on any atom is 0.337 e. The Bertz CT molecular complexity index is 460. The van der Waals surface area contributed by atoms with Crippen LogP contribution in [0.15, 0.2) is 11.3 Å². The molecule has 0 aromatic rings. The Morgan fingerprint density at radius 2 is 2.00 bits per heavy atom. The third-order valence-electron chi connectivity index (χ3n) is 4.20. The molecular formula is C13H16O6. The van der Waals surface area contributed by atoms with Crippen LogP contribution in [0, 0.1) is 11.8 Å². The topological polar surface area (TPSA) is 82.1 Å². The van der Waals surface area contributed by atoms with Crippen molar-refractivity contribution in [1.82, 2.24) is 0 Å². The summed E-state index contributed by atoms with van der Waals surface area (Å²) in [6.07, 6.45) is 0.673. The van der Waals surface area contributed by atoms with Crippen molar-refractivity contribution >= 4 is 11.8 Å². The molecule has 3 rings (SSSR count). The van der Waals surface area contributed by atoms with E-state index in [0.29, 0.717) is 19.6 Å². The quantitative estimate of drug-likeness (QED) is 0.705. The van der Waals surface area contributed by atoms with Crippen LogP contribution in [0.4, 0.5) is 0 Å². The van der Waals surface area contributed by atoms with Crippen LogP contribution in [-0.4, -0.2) is 43.0 Å².